The van der Waals surface area contributed by atoms with E-state index in [1.54, 1.807) is 6.92 Å². The number of hydrogen-bond donors (Lipinski definition) is 1. The van der Waals surface area contributed by atoms with Crippen LogP contribution in [0.5, 0.6) is 0 Å². The maximum Gasteiger partial charge on any atom is 0.219 e. The molecule has 1 aliphatic carbocycles. The van der Waals surface area contributed by atoms with Gasteiger partial charge in [-0.2, -0.15) is 0 Å². The van der Waals surface area contributed by atoms with Gasteiger partial charge >= 0.3 is 0 Å². The Kier molecular flexibility index (Phi) is 4.43. The van der Waals surface area contributed by atoms with Crippen LogP contribution in [0.15, 0.2) is 0 Å². The van der Waals surface area contributed by atoms with Crippen molar-refractivity contribution in [1.82, 2.24) is 10.2 Å². The Hall–Kier alpha value is -0.570. The van der Waals surface area contributed by atoms with Gasteiger partial charge in [0.15, 0.2) is 0 Å². The molecule has 1 saturated carbocycles. The Morgan fingerprint density at radius 1 is 1.29 bits per heavy atom. The second-order valence-corrected chi connectivity index (χ2v) is 6.02. The fourth-order valence-electron chi connectivity index (χ4n) is 3.30. The molecule has 2 rings (SSSR count). The predicted octanol–water partition coefficient (Wildman–Crippen LogP) is 2.02. The molecule has 1 saturated heterocycles. The summed E-state index contributed by atoms with van der Waals surface area (Å²) < 4.78 is 0. The standard InChI is InChI=1S/C14H26N2O/c1-11-7-14(10-16(9-11)12(2)17)15-8-13-5-3-4-6-13/h11,13-15H,3-10H2,1-2H3. The summed E-state index contributed by atoms with van der Waals surface area (Å²) in [6, 6.07) is 0.517. The third-order valence-corrected chi connectivity index (χ3v) is 4.27. The van der Waals surface area contributed by atoms with Gasteiger partial charge in [0.2, 0.25) is 5.91 Å². The van der Waals surface area contributed by atoms with Gasteiger partial charge in [-0.05, 0) is 37.6 Å². The predicted molar refractivity (Wildman–Crippen MR) is 69.8 cm³/mol. The van der Waals surface area contributed by atoms with Crippen molar-refractivity contribution in [2.75, 3.05) is 19.6 Å². The molecule has 98 valence electrons. The minimum atomic E-state index is 0.226. The van der Waals surface area contributed by atoms with Crippen molar-refractivity contribution in [2.45, 2.75) is 52.0 Å². The van der Waals surface area contributed by atoms with Gasteiger partial charge in [0.05, 0.1) is 0 Å². The number of nitrogens with one attached hydrogen (secondary N) is 1. The van der Waals surface area contributed by atoms with Gasteiger partial charge in [-0.1, -0.05) is 19.8 Å². The number of likely N-dealkylation sites (tertiary alicyclic amines) is 1. The molecule has 0 bridgehead atoms. The number of nitrogens with zero attached hydrogens (tertiary/aromatic N) is 1. The Bertz CT molecular complexity index is 261. The van der Waals surface area contributed by atoms with Crippen molar-refractivity contribution in [2.24, 2.45) is 11.8 Å². The van der Waals surface area contributed by atoms with E-state index in [1.165, 1.54) is 32.1 Å². The molecule has 2 unspecified atom stereocenters. The van der Waals surface area contributed by atoms with Crippen LogP contribution < -0.4 is 5.32 Å². The van der Waals surface area contributed by atoms with Gasteiger partial charge in [0.25, 0.3) is 0 Å². The maximum absolute atomic E-state index is 11.4. The van der Waals surface area contributed by atoms with Crippen LogP contribution in [0.2, 0.25) is 0 Å². The summed E-state index contributed by atoms with van der Waals surface area (Å²) in [5, 5.41) is 3.68. The highest BCUT2D eigenvalue weighted by Crippen LogP contribution is 2.24. The molecule has 2 fully saturated rings. The highest BCUT2D eigenvalue weighted by Gasteiger charge is 2.26. The molecule has 0 aromatic heterocycles. The van der Waals surface area contributed by atoms with E-state index in [9.17, 15) is 4.79 Å². The van der Waals surface area contributed by atoms with Gasteiger partial charge in [-0.15, -0.1) is 0 Å². The second-order valence-electron chi connectivity index (χ2n) is 6.02. The van der Waals surface area contributed by atoms with Crippen LogP contribution in [0.4, 0.5) is 0 Å². The molecule has 17 heavy (non-hydrogen) atoms. The fourth-order valence-corrected chi connectivity index (χ4v) is 3.30. The summed E-state index contributed by atoms with van der Waals surface area (Å²) in [5.74, 6) is 1.75. The average molecular weight is 238 g/mol. The van der Waals surface area contributed by atoms with E-state index >= 15 is 0 Å². The average Bonchev–Trinajstić information content (AvgIpc) is 2.78. The number of amides is 1. The van der Waals surface area contributed by atoms with E-state index in [2.05, 4.69) is 12.2 Å². The number of piperidine rings is 1. The maximum atomic E-state index is 11.4. The van der Waals surface area contributed by atoms with Crippen LogP contribution in [0.25, 0.3) is 0 Å². The minimum Gasteiger partial charge on any atom is -0.341 e. The highest BCUT2D eigenvalue weighted by molar-refractivity contribution is 5.73. The van der Waals surface area contributed by atoms with Gasteiger partial charge in [0.1, 0.15) is 0 Å². The molecular formula is C14H26N2O. The normalized spacial score (nSPS) is 30.8. The SMILES string of the molecule is CC(=O)N1CC(C)CC(NCC2CCCC2)C1. The largest absolute Gasteiger partial charge is 0.341 e. The van der Waals surface area contributed by atoms with Gasteiger partial charge in [-0.3, -0.25) is 4.79 Å². The molecule has 0 aromatic rings. The summed E-state index contributed by atoms with van der Waals surface area (Å²) in [4.78, 5) is 13.4. The van der Waals surface area contributed by atoms with E-state index in [4.69, 9.17) is 0 Å². The third-order valence-electron chi connectivity index (χ3n) is 4.27. The number of carbonyl (C=O) groups excluding carboxylic acids is 1. The lowest BCUT2D eigenvalue weighted by Gasteiger charge is -2.36. The first-order valence-corrected chi connectivity index (χ1v) is 7.14. The van der Waals surface area contributed by atoms with Crippen molar-refractivity contribution in [1.29, 1.82) is 0 Å². The molecule has 0 radical (unpaired) electrons. The molecule has 1 aliphatic heterocycles. The third kappa shape index (κ3) is 3.70. The minimum absolute atomic E-state index is 0.226. The Morgan fingerprint density at radius 2 is 2.00 bits per heavy atom. The summed E-state index contributed by atoms with van der Waals surface area (Å²) in [6.07, 6.45) is 6.83. The van der Waals surface area contributed by atoms with E-state index in [0.717, 1.165) is 25.6 Å². The van der Waals surface area contributed by atoms with Crippen molar-refractivity contribution in [3.63, 3.8) is 0 Å². The highest BCUT2D eigenvalue weighted by atomic mass is 16.2. The first-order valence-electron chi connectivity index (χ1n) is 7.14. The summed E-state index contributed by atoms with van der Waals surface area (Å²) >= 11 is 0. The fraction of sp³-hybridized carbons (Fsp3) is 0.929. The molecule has 1 heterocycles. The molecule has 3 nitrogen and oxygen atoms in total. The molecule has 2 atom stereocenters. The monoisotopic (exact) mass is 238 g/mol. The quantitative estimate of drug-likeness (QED) is 0.816. The van der Waals surface area contributed by atoms with Crippen LogP contribution in [0, 0.1) is 11.8 Å². The van der Waals surface area contributed by atoms with Crippen LogP contribution >= 0.6 is 0 Å². The summed E-state index contributed by atoms with van der Waals surface area (Å²) in [6.45, 7) is 6.94. The smallest absolute Gasteiger partial charge is 0.219 e. The lowest BCUT2D eigenvalue weighted by atomic mass is 9.95. The van der Waals surface area contributed by atoms with E-state index < -0.39 is 0 Å². The Labute approximate surface area is 105 Å². The van der Waals surface area contributed by atoms with E-state index in [0.29, 0.717) is 12.0 Å². The van der Waals surface area contributed by atoms with Crippen LogP contribution in [-0.2, 0) is 4.79 Å². The topological polar surface area (TPSA) is 32.3 Å². The first-order chi connectivity index (χ1) is 8.15. The van der Waals surface area contributed by atoms with Gasteiger partial charge in [-0.25, -0.2) is 0 Å². The molecule has 2 aliphatic rings. The lowest BCUT2D eigenvalue weighted by Crippen LogP contribution is -2.50. The number of carbonyl (C=O) groups is 1. The number of rotatable bonds is 3. The van der Waals surface area contributed by atoms with Crippen molar-refractivity contribution in [3.8, 4) is 0 Å². The lowest BCUT2D eigenvalue weighted by molar-refractivity contribution is -0.131. The summed E-state index contributed by atoms with van der Waals surface area (Å²) in [7, 11) is 0. The van der Waals surface area contributed by atoms with Crippen LogP contribution in [0.1, 0.15) is 46.0 Å². The van der Waals surface area contributed by atoms with Crippen molar-refractivity contribution < 1.29 is 4.79 Å². The zero-order chi connectivity index (χ0) is 12.3. The van der Waals surface area contributed by atoms with E-state index in [-0.39, 0.29) is 5.91 Å². The Balaban J connectivity index is 1.77. The second kappa shape index (κ2) is 5.85. The zero-order valence-electron chi connectivity index (χ0n) is 11.2. The summed E-state index contributed by atoms with van der Waals surface area (Å²) in [5.41, 5.74) is 0. The molecule has 3 heteroatoms. The molecule has 0 spiro atoms. The molecular weight excluding hydrogens is 212 g/mol. The van der Waals surface area contributed by atoms with E-state index in [1.807, 2.05) is 4.90 Å². The molecule has 1 amide bonds. The number of hydrogen-bond acceptors (Lipinski definition) is 2. The van der Waals surface area contributed by atoms with Crippen molar-refractivity contribution >= 4 is 5.91 Å². The first kappa shape index (κ1) is 12.9. The molecule has 1 N–H and O–H groups in total. The van der Waals surface area contributed by atoms with Crippen LogP contribution in [0.3, 0.4) is 0 Å². The molecule has 0 aromatic carbocycles. The van der Waals surface area contributed by atoms with Gasteiger partial charge < -0.3 is 10.2 Å². The zero-order valence-corrected chi connectivity index (χ0v) is 11.2. The Morgan fingerprint density at radius 3 is 2.65 bits per heavy atom. The van der Waals surface area contributed by atoms with Crippen molar-refractivity contribution in [3.05, 3.63) is 0 Å². The van der Waals surface area contributed by atoms with Crippen LogP contribution in [-0.4, -0.2) is 36.5 Å². The van der Waals surface area contributed by atoms with Gasteiger partial charge in [0, 0.05) is 26.1 Å².